The molecule has 1 aliphatic rings. The summed E-state index contributed by atoms with van der Waals surface area (Å²) in [5.41, 5.74) is -0.680. The Kier molecular flexibility index (Phi) is 6.81. The molecule has 27 heavy (non-hydrogen) atoms. The number of nitrogens with zero attached hydrogens (tertiary/aromatic N) is 1. The lowest BCUT2D eigenvalue weighted by atomic mass is 10.2. The highest BCUT2D eigenvalue weighted by Crippen LogP contribution is 2.29. The Morgan fingerprint density at radius 3 is 2.48 bits per heavy atom. The number of rotatable bonds is 5. The first kappa shape index (κ1) is 20.7. The third-order valence-electron chi connectivity index (χ3n) is 4.15. The summed E-state index contributed by atoms with van der Waals surface area (Å²) >= 11 is 0. The van der Waals surface area contributed by atoms with Crippen molar-refractivity contribution >= 4 is 23.5 Å². The van der Waals surface area contributed by atoms with E-state index < -0.39 is 29.7 Å². The average Bonchev–Trinajstić information content (AvgIpc) is 2.79. The van der Waals surface area contributed by atoms with Gasteiger partial charge in [0, 0.05) is 18.7 Å². The average molecular weight is 386 g/mol. The topological polar surface area (TPSA) is 75.7 Å². The molecule has 148 valence electrons. The molecule has 0 aliphatic carbocycles. The number of anilines is 1. The fourth-order valence-electron chi connectivity index (χ4n) is 2.64. The number of alkyl halides is 3. The summed E-state index contributed by atoms with van der Waals surface area (Å²) in [5, 5.41) is 2.38. The van der Waals surface area contributed by atoms with Gasteiger partial charge in [-0.25, -0.2) is 0 Å². The summed E-state index contributed by atoms with van der Waals surface area (Å²) in [7, 11) is 0. The summed E-state index contributed by atoms with van der Waals surface area (Å²) in [6.07, 6.45) is -2.71. The lowest BCUT2D eigenvalue weighted by Crippen LogP contribution is -2.38. The van der Waals surface area contributed by atoms with E-state index in [1.165, 1.54) is 11.8 Å². The molecule has 1 fully saturated rings. The van der Waals surface area contributed by atoms with Crippen LogP contribution in [0.2, 0.25) is 0 Å². The van der Waals surface area contributed by atoms with E-state index in [0.717, 1.165) is 43.5 Å². The summed E-state index contributed by atoms with van der Waals surface area (Å²) in [6, 6.07) is 3.92. The number of esters is 1. The molecular formula is C18H21F3N2O4. The predicted molar refractivity (Wildman–Crippen MR) is 90.7 cm³/mol. The number of halogens is 3. The van der Waals surface area contributed by atoms with Crippen LogP contribution < -0.4 is 5.32 Å². The van der Waals surface area contributed by atoms with Gasteiger partial charge in [-0.3, -0.25) is 14.4 Å². The molecule has 1 aromatic carbocycles. The molecule has 0 aromatic heterocycles. The molecule has 9 heteroatoms. The maximum absolute atomic E-state index is 12.5. The highest BCUT2D eigenvalue weighted by Gasteiger charge is 2.30. The van der Waals surface area contributed by atoms with Crippen molar-refractivity contribution in [2.75, 3.05) is 18.4 Å². The fraction of sp³-hybridized carbons (Fsp3) is 0.500. The van der Waals surface area contributed by atoms with Gasteiger partial charge < -0.3 is 15.0 Å². The Labute approximate surface area is 154 Å². The molecule has 1 aliphatic heterocycles. The lowest BCUT2D eigenvalue weighted by Gasteiger charge is -2.20. The first-order valence-corrected chi connectivity index (χ1v) is 8.62. The van der Waals surface area contributed by atoms with E-state index in [-0.39, 0.29) is 18.1 Å². The van der Waals surface area contributed by atoms with Gasteiger partial charge in [0.2, 0.25) is 5.91 Å². The van der Waals surface area contributed by atoms with Crippen molar-refractivity contribution in [3.05, 3.63) is 29.8 Å². The second-order valence-corrected chi connectivity index (χ2v) is 6.32. The Morgan fingerprint density at radius 2 is 1.85 bits per heavy atom. The molecular weight excluding hydrogens is 365 g/mol. The van der Waals surface area contributed by atoms with Crippen molar-refractivity contribution in [3.63, 3.8) is 0 Å². The molecule has 1 N–H and O–H groups in total. The number of hydrogen-bond acceptors (Lipinski definition) is 4. The minimum atomic E-state index is -4.46. The number of hydrogen-bond donors (Lipinski definition) is 1. The highest BCUT2D eigenvalue weighted by atomic mass is 19.4. The largest absolute Gasteiger partial charge is 0.451 e. The minimum Gasteiger partial charge on any atom is -0.451 e. The Bertz CT molecular complexity index is 689. The molecule has 1 aromatic rings. The number of carbonyl (C=O) groups is 3. The molecule has 0 unspecified atom stereocenters. The van der Waals surface area contributed by atoms with Crippen LogP contribution in [0, 0.1) is 0 Å². The van der Waals surface area contributed by atoms with Crippen LogP contribution >= 0.6 is 0 Å². The summed E-state index contributed by atoms with van der Waals surface area (Å²) in [5.74, 6) is -1.50. The monoisotopic (exact) mass is 386 g/mol. The number of benzene rings is 1. The standard InChI is InChI=1S/C18H21F3N2O4/c1-12(27-16(25)11-23-10-4-2-3-5-15(23)24)17(26)22-14-8-6-13(7-9-14)18(19,20)21/h6-9,12H,2-5,10-11H2,1H3,(H,22,26)/t12-/m0/s1. The zero-order valence-electron chi connectivity index (χ0n) is 14.8. The number of ether oxygens (including phenoxy) is 1. The zero-order valence-corrected chi connectivity index (χ0v) is 14.8. The molecule has 6 nitrogen and oxygen atoms in total. The quantitative estimate of drug-likeness (QED) is 0.790. The van der Waals surface area contributed by atoms with E-state index in [1.54, 1.807) is 0 Å². The SMILES string of the molecule is C[C@H](OC(=O)CN1CCCCCC1=O)C(=O)Nc1ccc(C(F)(F)F)cc1. The van der Waals surface area contributed by atoms with Crippen molar-refractivity contribution in [1.82, 2.24) is 4.90 Å². The van der Waals surface area contributed by atoms with E-state index in [4.69, 9.17) is 4.74 Å². The molecule has 1 atom stereocenters. The van der Waals surface area contributed by atoms with Crippen molar-refractivity contribution in [2.24, 2.45) is 0 Å². The molecule has 1 saturated heterocycles. The minimum absolute atomic E-state index is 0.119. The van der Waals surface area contributed by atoms with Crippen LogP contribution in [0.3, 0.4) is 0 Å². The molecule has 1 heterocycles. The smallest absolute Gasteiger partial charge is 0.416 e. The van der Waals surface area contributed by atoms with Crippen LogP contribution in [-0.2, 0) is 25.3 Å². The van der Waals surface area contributed by atoms with Crippen LogP contribution in [0.4, 0.5) is 18.9 Å². The molecule has 0 radical (unpaired) electrons. The zero-order chi connectivity index (χ0) is 20.0. The number of likely N-dealkylation sites (tertiary alicyclic amines) is 1. The first-order chi connectivity index (χ1) is 12.7. The molecule has 0 spiro atoms. The molecule has 0 bridgehead atoms. The molecule has 2 amide bonds. The maximum atomic E-state index is 12.5. The van der Waals surface area contributed by atoms with E-state index in [2.05, 4.69) is 5.32 Å². The Hall–Kier alpha value is -2.58. The summed E-state index contributed by atoms with van der Waals surface area (Å²) in [4.78, 5) is 37.3. The van der Waals surface area contributed by atoms with Gasteiger partial charge in [0.1, 0.15) is 6.54 Å². The number of amides is 2. The highest BCUT2D eigenvalue weighted by molar-refractivity contribution is 5.95. The number of carbonyl (C=O) groups excluding carboxylic acids is 3. The van der Waals surface area contributed by atoms with Crippen LogP contribution in [0.1, 0.15) is 38.2 Å². The van der Waals surface area contributed by atoms with Gasteiger partial charge in [0.25, 0.3) is 5.91 Å². The summed E-state index contributed by atoms with van der Waals surface area (Å²) in [6.45, 7) is 1.60. The van der Waals surface area contributed by atoms with Gasteiger partial charge in [-0.05, 0) is 44.0 Å². The van der Waals surface area contributed by atoms with Crippen molar-refractivity contribution < 1.29 is 32.3 Å². The number of nitrogens with one attached hydrogen (secondary N) is 1. The van der Waals surface area contributed by atoms with Crippen LogP contribution in [-0.4, -0.2) is 41.9 Å². The van der Waals surface area contributed by atoms with E-state index in [1.807, 2.05) is 0 Å². The van der Waals surface area contributed by atoms with Gasteiger partial charge in [-0.15, -0.1) is 0 Å². The van der Waals surface area contributed by atoms with Gasteiger partial charge >= 0.3 is 12.1 Å². The fourth-order valence-corrected chi connectivity index (χ4v) is 2.64. The van der Waals surface area contributed by atoms with Gasteiger partial charge in [0.15, 0.2) is 6.10 Å². The van der Waals surface area contributed by atoms with Crippen molar-refractivity contribution in [1.29, 1.82) is 0 Å². The third kappa shape index (κ3) is 6.26. The lowest BCUT2D eigenvalue weighted by molar-refractivity contribution is -0.156. The maximum Gasteiger partial charge on any atom is 0.416 e. The molecule has 2 rings (SSSR count). The van der Waals surface area contributed by atoms with Crippen LogP contribution in [0.15, 0.2) is 24.3 Å². The second-order valence-electron chi connectivity index (χ2n) is 6.32. The van der Waals surface area contributed by atoms with Gasteiger partial charge in [0.05, 0.1) is 5.56 Å². The Morgan fingerprint density at radius 1 is 1.19 bits per heavy atom. The van der Waals surface area contributed by atoms with Gasteiger partial charge in [-0.2, -0.15) is 13.2 Å². The van der Waals surface area contributed by atoms with E-state index in [9.17, 15) is 27.6 Å². The van der Waals surface area contributed by atoms with E-state index >= 15 is 0 Å². The van der Waals surface area contributed by atoms with Gasteiger partial charge in [-0.1, -0.05) is 6.42 Å². The first-order valence-electron chi connectivity index (χ1n) is 8.62. The van der Waals surface area contributed by atoms with Crippen molar-refractivity contribution in [2.45, 2.75) is 44.9 Å². The van der Waals surface area contributed by atoms with Crippen LogP contribution in [0.25, 0.3) is 0 Å². The normalized spacial score (nSPS) is 16.4. The second kappa shape index (κ2) is 8.88. The summed E-state index contributed by atoms with van der Waals surface area (Å²) < 4.78 is 42.6. The molecule has 0 saturated carbocycles. The van der Waals surface area contributed by atoms with Crippen molar-refractivity contribution in [3.8, 4) is 0 Å². The Balaban J connectivity index is 1.85. The third-order valence-corrected chi connectivity index (χ3v) is 4.15. The van der Waals surface area contributed by atoms with Crippen LogP contribution in [0.5, 0.6) is 0 Å². The predicted octanol–water partition coefficient (Wildman–Crippen LogP) is 2.98. The van der Waals surface area contributed by atoms with E-state index in [0.29, 0.717) is 13.0 Å².